The number of hydrogen-bond donors (Lipinski definition) is 0. The minimum atomic E-state index is -0.817. The molecule has 0 saturated heterocycles. The minimum Gasteiger partial charge on any atom is -0.493 e. The van der Waals surface area contributed by atoms with Crippen molar-refractivity contribution in [2.24, 2.45) is 7.05 Å². The lowest BCUT2D eigenvalue weighted by Crippen LogP contribution is -2.36. The Morgan fingerprint density at radius 3 is 2.61 bits per heavy atom. The van der Waals surface area contributed by atoms with E-state index in [4.69, 9.17) is 9.15 Å². The van der Waals surface area contributed by atoms with Gasteiger partial charge < -0.3 is 9.15 Å². The second-order valence-corrected chi connectivity index (χ2v) is 7.61. The first-order valence-electron chi connectivity index (χ1n) is 9.91. The summed E-state index contributed by atoms with van der Waals surface area (Å²) in [5.41, 5.74) is 1.49. The van der Waals surface area contributed by atoms with Crippen molar-refractivity contribution in [3.05, 3.63) is 68.8 Å². The molecule has 0 unspecified atom stereocenters. The number of aryl methyl sites for hydroxylation is 1. The first-order chi connectivity index (χ1) is 14.8. The molecule has 0 aliphatic heterocycles. The number of rotatable bonds is 5. The normalized spacial score (nSPS) is 12.5. The Morgan fingerprint density at radius 1 is 1.13 bits per heavy atom. The van der Waals surface area contributed by atoms with E-state index in [0.717, 1.165) is 10.1 Å². The molecule has 4 aromatic rings. The number of aromatic nitrogens is 5. The molecule has 0 saturated carbocycles. The Labute approximate surface area is 177 Å². The van der Waals surface area contributed by atoms with Crippen LogP contribution in [0.2, 0.25) is 0 Å². The fourth-order valence-electron chi connectivity index (χ4n) is 3.54. The molecule has 0 bridgehead atoms. The number of nitrogens with zero attached hydrogens (tertiary/aromatic N) is 5. The lowest BCUT2D eigenvalue weighted by atomic mass is 10.0. The predicted molar refractivity (Wildman–Crippen MR) is 115 cm³/mol. The quantitative estimate of drug-likeness (QED) is 0.488. The third kappa shape index (κ3) is 3.52. The minimum absolute atomic E-state index is 0.0119. The maximum Gasteiger partial charge on any atom is 0.423 e. The topological polar surface area (TPSA) is 105 Å². The van der Waals surface area contributed by atoms with Crippen LogP contribution in [-0.4, -0.2) is 31.4 Å². The van der Waals surface area contributed by atoms with Gasteiger partial charge in [-0.15, -0.1) is 0 Å². The van der Waals surface area contributed by atoms with Gasteiger partial charge in [-0.25, -0.2) is 19.3 Å². The van der Waals surface area contributed by atoms with E-state index in [1.165, 1.54) is 24.9 Å². The second-order valence-electron chi connectivity index (χ2n) is 7.61. The SMILES string of the molecule is COc1ccnc2c(=O)n([C@@H](C)c3nc(-c4cccc(C(C)C)c4)nn3C)c(=O)oc12. The lowest BCUT2D eigenvalue weighted by Gasteiger charge is -2.13. The summed E-state index contributed by atoms with van der Waals surface area (Å²) in [5.74, 6) is 0.784. The standard InChI is InChI=1S/C22H23N5O4/c1-12(2)14-7-6-8-15(11-14)19-24-20(26(4)25-19)13(3)27-21(28)17-18(31-22(27)29)16(30-5)9-10-23-17/h6-13H,1-5H3/t13-/m0/s1. The molecular formula is C22H23N5O4. The van der Waals surface area contributed by atoms with Gasteiger partial charge in [0.2, 0.25) is 5.58 Å². The molecular weight excluding hydrogens is 398 g/mol. The van der Waals surface area contributed by atoms with Gasteiger partial charge in [0.1, 0.15) is 6.04 Å². The maximum atomic E-state index is 13.1. The van der Waals surface area contributed by atoms with Crippen LogP contribution < -0.4 is 16.1 Å². The van der Waals surface area contributed by atoms with Crippen LogP contribution in [0.15, 0.2) is 50.5 Å². The van der Waals surface area contributed by atoms with Crippen molar-refractivity contribution < 1.29 is 9.15 Å². The number of methoxy groups -OCH3 is 1. The summed E-state index contributed by atoms with van der Waals surface area (Å²) in [7, 11) is 3.15. The van der Waals surface area contributed by atoms with E-state index in [2.05, 4.69) is 35.0 Å². The van der Waals surface area contributed by atoms with Crippen LogP contribution in [0.1, 0.15) is 44.1 Å². The number of fused-ring (bicyclic) bond motifs is 1. The zero-order valence-electron chi connectivity index (χ0n) is 18.0. The largest absolute Gasteiger partial charge is 0.493 e. The highest BCUT2D eigenvalue weighted by molar-refractivity contribution is 5.77. The Bertz CT molecular complexity index is 1380. The van der Waals surface area contributed by atoms with Gasteiger partial charge in [0.05, 0.1) is 7.11 Å². The van der Waals surface area contributed by atoms with E-state index in [9.17, 15) is 9.59 Å². The molecule has 3 aromatic heterocycles. The van der Waals surface area contributed by atoms with Gasteiger partial charge in [-0.3, -0.25) is 9.48 Å². The summed E-state index contributed by atoms with van der Waals surface area (Å²) in [6, 6.07) is 8.80. The van der Waals surface area contributed by atoms with E-state index in [-0.39, 0.29) is 16.8 Å². The van der Waals surface area contributed by atoms with Crippen LogP contribution >= 0.6 is 0 Å². The van der Waals surface area contributed by atoms with Gasteiger partial charge in [0, 0.05) is 24.9 Å². The summed E-state index contributed by atoms with van der Waals surface area (Å²) in [6.45, 7) is 5.93. The third-order valence-electron chi connectivity index (χ3n) is 5.26. The first kappa shape index (κ1) is 20.5. The van der Waals surface area contributed by atoms with E-state index < -0.39 is 17.4 Å². The zero-order chi connectivity index (χ0) is 22.3. The van der Waals surface area contributed by atoms with Gasteiger partial charge in [-0.1, -0.05) is 32.0 Å². The average Bonchev–Trinajstić information content (AvgIpc) is 3.15. The van der Waals surface area contributed by atoms with Gasteiger partial charge in [-0.2, -0.15) is 5.10 Å². The molecule has 1 aromatic carbocycles. The molecule has 9 nitrogen and oxygen atoms in total. The number of benzene rings is 1. The fraction of sp³-hybridized carbons (Fsp3) is 0.318. The first-order valence-corrected chi connectivity index (χ1v) is 9.91. The molecule has 0 aliphatic carbocycles. The highest BCUT2D eigenvalue weighted by atomic mass is 16.5. The molecule has 9 heteroatoms. The molecule has 4 rings (SSSR count). The highest BCUT2D eigenvalue weighted by Crippen LogP contribution is 2.24. The van der Waals surface area contributed by atoms with Crippen molar-refractivity contribution in [2.75, 3.05) is 7.11 Å². The zero-order valence-corrected chi connectivity index (χ0v) is 18.0. The Balaban J connectivity index is 1.82. The second kappa shape index (κ2) is 7.82. The van der Waals surface area contributed by atoms with E-state index in [1.54, 1.807) is 18.7 Å². The monoisotopic (exact) mass is 421 g/mol. The van der Waals surface area contributed by atoms with Crippen LogP contribution in [0.4, 0.5) is 0 Å². The van der Waals surface area contributed by atoms with Crippen LogP contribution in [0, 0.1) is 0 Å². The molecule has 0 radical (unpaired) electrons. The molecule has 0 spiro atoms. The van der Waals surface area contributed by atoms with Gasteiger partial charge in [0.15, 0.2) is 22.9 Å². The fourth-order valence-corrected chi connectivity index (χ4v) is 3.54. The predicted octanol–water partition coefficient (Wildman–Crippen LogP) is 2.89. The summed E-state index contributed by atoms with van der Waals surface area (Å²) in [4.78, 5) is 34.5. The van der Waals surface area contributed by atoms with Gasteiger partial charge in [-0.05, 0) is 24.5 Å². The number of ether oxygens (including phenoxy) is 1. The van der Waals surface area contributed by atoms with Crippen molar-refractivity contribution in [3.63, 3.8) is 0 Å². The Morgan fingerprint density at radius 2 is 1.90 bits per heavy atom. The van der Waals surface area contributed by atoms with Crippen LogP contribution in [0.25, 0.3) is 22.5 Å². The lowest BCUT2D eigenvalue weighted by molar-refractivity contribution is 0.386. The smallest absolute Gasteiger partial charge is 0.423 e. The van der Waals surface area contributed by atoms with Crippen LogP contribution in [0.5, 0.6) is 5.75 Å². The Hall–Kier alpha value is -3.75. The molecule has 1 atom stereocenters. The Kier molecular flexibility index (Phi) is 5.18. The van der Waals surface area contributed by atoms with E-state index >= 15 is 0 Å². The van der Waals surface area contributed by atoms with Crippen LogP contribution in [-0.2, 0) is 7.05 Å². The van der Waals surface area contributed by atoms with E-state index in [1.807, 2.05) is 18.2 Å². The van der Waals surface area contributed by atoms with Crippen molar-refractivity contribution in [3.8, 4) is 17.1 Å². The van der Waals surface area contributed by atoms with Gasteiger partial charge >= 0.3 is 5.76 Å². The summed E-state index contributed by atoms with van der Waals surface area (Å²) >= 11 is 0. The molecule has 0 amide bonds. The molecule has 3 heterocycles. The van der Waals surface area contributed by atoms with Crippen molar-refractivity contribution in [2.45, 2.75) is 32.7 Å². The summed E-state index contributed by atoms with van der Waals surface area (Å²) < 4.78 is 13.1. The maximum absolute atomic E-state index is 13.1. The number of pyridine rings is 1. The van der Waals surface area contributed by atoms with Crippen molar-refractivity contribution in [1.82, 2.24) is 24.3 Å². The summed E-state index contributed by atoms with van der Waals surface area (Å²) in [6.07, 6.45) is 1.43. The van der Waals surface area contributed by atoms with Crippen molar-refractivity contribution >= 4 is 11.1 Å². The highest BCUT2D eigenvalue weighted by Gasteiger charge is 2.24. The molecule has 0 N–H and O–H groups in total. The van der Waals surface area contributed by atoms with Gasteiger partial charge in [0.25, 0.3) is 5.56 Å². The average molecular weight is 421 g/mol. The van der Waals surface area contributed by atoms with Crippen molar-refractivity contribution in [1.29, 1.82) is 0 Å². The molecule has 0 aliphatic rings. The molecule has 31 heavy (non-hydrogen) atoms. The third-order valence-corrected chi connectivity index (χ3v) is 5.26. The molecule has 160 valence electrons. The van der Waals surface area contributed by atoms with Crippen LogP contribution in [0.3, 0.4) is 0 Å². The summed E-state index contributed by atoms with van der Waals surface area (Å²) in [5, 5.41) is 4.50. The molecule has 0 fully saturated rings. The van der Waals surface area contributed by atoms with E-state index in [0.29, 0.717) is 17.6 Å². The number of hydrogen-bond acceptors (Lipinski definition) is 7.